The topological polar surface area (TPSA) is 49.3 Å². The minimum atomic E-state index is -0.752. The molecule has 1 aromatic carbocycles. The van der Waals surface area contributed by atoms with Crippen molar-refractivity contribution in [2.45, 2.75) is 45.2 Å². The van der Waals surface area contributed by atoms with Gasteiger partial charge >= 0.3 is 5.97 Å². The van der Waals surface area contributed by atoms with Crippen molar-refractivity contribution < 1.29 is 9.90 Å². The highest BCUT2D eigenvalue weighted by atomic mass is 16.4. The Morgan fingerprint density at radius 2 is 2.00 bits per heavy atom. The summed E-state index contributed by atoms with van der Waals surface area (Å²) < 4.78 is 0. The van der Waals surface area contributed by atoms with Crippen molar-refractivity contribution in [3.8, 4) is 0 Å². The highest BCUT2D eigenvalue weighted by Crippen LogP contribution is 2.34. The van der Waals surface area contributed by atoms with Crippen LogP contribution in [0.25, 0.3) is 0 Å². The van der Waals surface area contributed by atoms with Gasteiger partial charge in [-0.1, -0.05) is 44.2 Å². The highest BCUT2D eigenvalue weighted by molar-refractivity contribution is 5.74. The number of nitrogens with one attached hydrogen (secondary N) is 1. The number of benzene rings is 1. The summed E-state index contributed by atoms with van der Waals surface area (Å²) in [6.07, 6.45) is 2.87. The van der Waals surface area contributed by atoms with Crippen molar-refractivity contribution >= 4 is 5.97 Å². The summed E-state index contributed by atoms with van der Waals surface area (Å²) in [5.41, 5.74) is 1.07. The molecule has 0 amide bonds. The Labute approximate surface area is 115 Å². The van der Waals surface area contributed by atoms with E-state index in [0.717, 1.165) is 12.0 Å². The molecule has 104 valence electrons. The largest absolute Gasteiger partial charge is 0.480 e. The third-order valence-electron chi connectivity index (χ3n) is 4.18. The van der Waals surface area contributed by atoms with E-state index in [-0.39, 0.29) is 0 Å². The number of carboxylic acid groups (broad SMARTS) is 1. The molecule has 0 aromatic heterocycles. The van der Waals surface area contributed by atoms with Crippen molar-refractivity contribution in [2.75, 3.05) is 0 Å². The number of carbonyl (C=O) groups is 1. The zero-order valence-electron chi connectivity index (χ0n) is 11.7. The van der Waals surface area contributed by atoms with Crippen molar-refractivity contribution in [3.63, 3.8) is 0 Å². The lowest BCUT2D eigenvalue weighted by Crippen LogP contribution is -2.53. The van der Waals surface area contributed by atoms with Crippen LogP contribution in [0.5, 0.6) is 0 Å². The maximum absolute atomic E-state index is 11.4. The van der Waals surface area contributed by atoms with E-state index >= 15 is 0 Å². The standard InChI is InChI=1S/C16H23NO2/c1-11(2)13-8-9-14(13)17-15(16(18)19)10-12-6-4-3-5-7-12/h3-7,11,13-15,17H,8-10H2,1-2H3,(H,18,19)/t13?,14?,15-/m1/s1. The molecule has 1 aromatic rings. The molecule has 0 bridgehead atoms. The van der Waals surface area contributed by atoms with E-state index in [1.807, 2.05) is 30.3 Å². The van der Waals surface area contributed by atoms with Gasteiger partial charge in [0.05, 0.1) is 0 Å². The molecule has 0 spiro atoms. The zero-order chi connectivity index (χ0) is 13.8. The quantitative estimate of drug-likeness (QED) is 0.827. The van der Waals surface area contributed by atoms with Gasteiger partial charge < -0.3 is 10.4 Å². The third-order valence-corrected chi connectivity index (χ3v) is 4.18. The molecule has 0 radical (unpaired) electrons. The number of rotatable bonds is 6. The van der Waals surface area contributed by atoms with E-state index in [9.17, 15) is 9.90 Å². The van der Waals surface area contributed by atoms with Gasteiger partial charge in [-0.2, -0.15) is 0 Å². The van der Waals surface area contributed by atoms with Gasteiger partial charge in [0.2, 0.25) is 0 Å². The lowest BCUT2D eigenvalue weighted by molar-refractivity contribution is -0.140. The minimum Gasteiger partial charge on any atom is -0.480 e. The maximum atomic E-state index is 11.4. The predicted molar refractivity (Wildman–Crippen MR) is 76.1 cm³/mol. The van der Waals surface area contributed by atoms with Gasteiger partial charge in [0.15, 0.2) is 0 Å². The fraction of sp³-hybridized carbons (Fsp3) is 0.562. The second kappa shape index (κ2) is 6.20. The number of carboxylic acids is 1. The van der Waals surface area contributed by atoms with Gasteiger partial charge in [0.25, 0.3) is 0 Å². The summed E-state index contributed by atoms with van der Waals surface area (Å²) in [6, 6.07) is 9.71. The Bertz CT molecular complexity index is 416. The number of hydrogen-bond donors (Lipinski definition) is 2. The Kier molecular flexibility index (Phi) is 4.59. The fourth-order valence-corrected chi connectivity index (χ4v) is 2.86. The first-order chi connectivity index (χ1) is 9.08. The summed E-state index contributed by atoms with van der Waals surface area (Å²) in [5, 5.41) is 12.7. The van der Waals surface area contributed by atoms with Gasteiger partial charge in [0.1, 0.15) is 6.04 Å². The molecule has 2 unspecified atom stereocenters. The average molecular weight is 261 g/mol. The monoisotopic (exact) mass is 261 g/mol. The van der Waals surface area contributed by atoms with Crippen LogP contribution in [-0.4, -0.2) is 23.2 Å². The van der Waals surface area contributed by atoms with E-state index in [4.69, 9.17) is 0 Å². The van der Waals surface area contributed by atoms with Crippen molar-refractivity contribution in [1.29, 1.82) is 0 Å². The van der Waals surface area contributed by atoms with Crippen LogP contribution in [0.4, 0.5) is 0 Å². The molecule has 3 nitrogen and oxygen atoms in total. The first kappa shape index (κ1) is 14.1. The number of aliphatic carboxylic acids is 1. The molecule has 0 heterocycles. The SMILES string of the molecule is CC(C)C1CCC1N[C@H](Cc1ccccc1)C(=O)O. The highest BCUT2D eigenvalue weighted by Gasteiger charge is 2.35. The minimum absolute atomic E-state index is 0.366. The predicted octanol–water partition coefficient (Wildman–Crippen LogP) is 2.71. The fourth-order valence-electron chi connectivity index (χ4n) is 2.86. The first-order valence-corrected chi connectivity index (χ1v) is 7.10. The number of hydrogen-bond acceptors (Lipinski definition) is 2. The van der Waals surface area contributed by atoms with Crippen molar-refractivity contribution in [2.24, 2.45) is 11.8 Å². The second-order valence-corrected chi connectivity index (χ2v) is 5.84. The normalized spacial score (nSPS) is 23.9. The van der Waals surface area contributed by atoms with Crippen LogP contribution in [0.2, 0.25) is 0 Å². The molecule has 0 aliphatic heterocycles. The molecule has 2 rings (SSSR count). The average Bonchev–Trinajstić information content (AvgIpc) is 2.33. The molecule has 3 atom stereocenters. The van der Waals surface area contributed by atoms with Crippen molar-refractivity contribution in [1.82, 2.24) is 5.32 Å². The summed E-state index contributed by atoms with van der Waals surface area (Å²) in [4.78, 5) is 11.4. The van der Waals surface area contributed by atoms with Crippen LogP contribution in [0.3, 0.4) is 0 Å². The molecule has 0 saturated heterocycles. The van der Waals surface area contributed by atoms with Gasteiger partial charge in [-0.25, -0.2) is 0 Å². The van der Waals surface area contributed by atoms with E-state index in [1.165, 1.54) is 6.42 Å². The first-order valence-electron chi connectivity index (χ1n) is 7.10. The van der Waals surface area contributed by atoms with E-state index in [0.29, 0.717) is 24.3 Å². The lowest BCUT2D eigenvalue weighted by Gasteiger charge is -2.41. The molecule has 3 heteroatoms. The summed E-state index contributed by atoms with van der Waals surface area (Å²) in [6.45, 7) is 4.43. The maximum Gasteiger partial charge on any atom is 0.321 e. The summed E-state index contributed by atoms with van der Waals surface area (Å²) in [5.74, 6) is 0.494. The van der Waals surface area contributed by atoms with E-state index in [2.05, 4.69) is 19.2 Å². The van der Waals surface area contributed by atoms with Crippen LogP contribution < -0.4 is 5.32 Å². The van der Waals surface area contributed by atoms with Gasteiger partial charge in [-0.05, 0) is 36.7 Å². The molecular weight excluding hydrogens is 238 g/mol. The molecule has 2 N–H and O–H groups in total. The molecule has 1 fully saturated rings. The Hall–Kier alpha value is -1.35. The molecule has 19 heavy (non-hydrogen) atoms. The molecular formula is C16H23NO2. The van der Waals surface area contributed by atoms with E-state index in [1.54, 1.807) is 0 Å². The molecule has 1 aliphatic carbocycles. The molecule has 1 saturated carbocycles. The smallest absolute Gasteiger partial charge is 0.321 e. The van der Waals surface area contributed by atoms with Crippen LogP contribution in [-0.2, 0) is 11.2 Å². The zero-order valence-corrected chi connectivity index (χ0v) is 11.7. The summed E-state index contributed by atoms with van der Waals surface area (Å²) >= 11 is 0. The van der Waals surface area contributed by atoms with Gasteiger partial charge in [-0.15, -0.1) is 0 Å². The van der Waals surface area contributed by atoms with Crippen LogP contribution in [0.15, 0.2) is 30.3 Å². The Morgan fingerprint density at radius 1 is 1.32 bits per heavy atom. The Balaban J connectivity index is 1.96. The van der Waals surface area contributed by atoms with Crippen molar-refractivity contribution in [3.05, 3.63) is 35.9 Å². The summed E-state index contributed by atoms with van der Waals surface area (Å²) in [7, 11) is 0. The third kappa shape index (κ3) is 3.57. The van der Waals surface area contributed by atoms with Crippen LogP contribution in [0, 0.1) is 11.8 Å². The Morgan fingerprint density at radius 3 is 2.47 bits per heavy atom. The van der Waals surface area contributed by atoms with E-state index < -0.39 is 12.0 Å². The molecule has 1 aliphatic rings. The van der Waals surface area contributed by atoms with Crippen LogP contribution in [0.1, 0.15) is 32.3 Å². The second-order valence-electron chi connectivity index (χ2n) is 5.84. The van der Waals surface area contributed by atoms with Gasteiger partial charge in [-0.3, -0.25) is 4.79 Å². The van der Waals surface area contributed by atoms with Gasteiger partial charge in [0, 0.05) is 6.04 Å². The van der Waals surface area contributed by atoms with Crippen LogP contribution >= 0.6 is 0 Å². The lowest BCUT2D eigenvalue weighted by atomic mass is 9.72.